The zero-order valence-electron chi connectivity index (χ0n) is 14.7. The van der Waals surface area contributed by atoms with Crippen molar-refractivity contribution in [3.63, 3.8) is 0 Å². The quantitative estimate of drug-likeness (QED) is 0.388. The predicted octanol–water partition coefficient (Wildman–Crippen LogP) is 2.17. The Morgan fingerprint density at radius 1 is 1.08 bits per heavy atom. The summed E-state index contributed by atoms with van der Waals surface area (Å²) in [5.41, 5.74) is 5.95. The second-order valence-corrected chi connectivity index (χ2v) is 5.97. The van der Waals surface area contributed by atoms with Crippen molar-refractivity contribution in [1.29, 1.82) is 0 Å². The van der Waals surface area contributed by atoms with Crippen LogP contribution in [0.2, 0.25) is 0 Å². The smallest absolute Gasteiger partial charge is 0.336 e. The minimum Gasteiger partial charge on any atom is -0.336 e. The lowest BCUT2D eigenvalue weighted by molar-refractivity contribution is 0.161. The van der Waals surface area contributed by atoms with E-state index in [0.29, 0.717) is 6.54 Å². The van der Waals surface area contributed by atoms with Gasteiger partial charge in [-0.25, -0.2) is 10.3 Å². The number of aryl methyl sites for hydroxylation is 2. The highest BCUT2D eigenvalue weighted by atomic mass is 16.5. The van der Waals surface area contributed by atoms with Crippen molar-refractivity contribution in [3.05, 3.63) is 59.2 Å². The van der Waals surface area contributed by atoms with Gasteiger partial charge in [-0.1, -0.05) is 12.1 Å². The van der Waals surface area contributed by atoms with Gasteiger partial charge in [0.05, 0.1) is 11.4 Å². The van der Waals surface area contributed by atoms with E-state index in [2.05, 4.69) is 46.2 Å². The summed E-state index contributed by atoms with van der Waals surface area (Å²) in [6.45, 7) is 6.80. The summed E-state index contributed by atoms with van der Waals surface area (Å²) in [6, 6.07) is 7.39. The normalized spacial score (nSPS) is 10.7. The third kappa shape index (κ3) is 6.13. The van der Waals surface area contributed by atoms with Gasteiger partial charge in [0.2, 0.25) is 0 Å². The maximum absolute atomic E-state index is 11.0. The van der Waals surface area contributed by atoms with Gasteiger partial charge in [0, 0.05) is 38.6 Å². The molecule has 0 saturated carbocycles. The first-order chi connectivity index (χ1) is 12.1. The van der Waals surface area contributed by atoms with E-state index in [-0.39, 0.29) is 0 Å². The molecule has 0 aliphatic rings. The Kier molecular flexibility index (Phi) is 7.31. The second kappa shape index (κ2) is 9.71. The molecular weight excluding hydrogens is 318 g/mol. The average molecular weight is 343 g/mol. The van der Waals surface area contributed by atoms with Gasteiger partial charge in [-0.05, 0) is 43.5 Å². The number of pyridine rings is 2. The monoisotopic (exact) mass is 343 g/mol. The van der Waals surface area contributed by atoms with Crippen LogP contribution in [0.1, 0.15) is 28.9 Å². The molecule has 25 heavy (non-hydrogen) atoms. The molecule has 2 heterocycles. The number of hydroxylamine groups is 1. The molecule has 0 aliphatic heterocycles. The van der Waals surface area contributed by atoms with Gasteiger partial charge in [0.1, 0.15) is 0 Å². The van der Waals surface area contributed by atoms with Crippen molar-refractivity contribution >= 4 is 6.03 Å². The minimum absolute atomic E-state index is 0.477. The Morgan fingerprint density at radius 3 is 2.12 bits per heavy atom. The molecule has 2 amide bonds. The lowest BCUT2D eigenvalue weighted by Gasteiger charge is -2.23. The van der Waals surface area contributed by atoms with E-state index >= 15 is 0 Å². The van der Waals surface area contributed by atoms with Gasteiger partial charge < -0.3 is 5.32 Å². The van der Waals surface area contributed by atoms with Gasteiger partial charge in [-0.15, -0.1) is 0 Å². The topological polar surface area (TPSA) is 90.4 Å². The van der Waals surface area contributed by atoms with Crippen LogP contribution >= 0.6 is 0 Å². The Labute approximate surface area is 148 Å². The van der Waals surface area contributed by atoms with Crippen LogP contribution in [0.25, 0.3) is 0 Å². The summed E-state index contributed by atoms with van der Waals surface area (Å²) < 4.78 is 0. The molecule has 0 aliphatic carbocycles. The summed E-state index contributed by atoms with van der Waals surface area (Å²) in [7, 11) is 0. The standard InChI is InChI=1S/C18H25N5O2/c1-14-6-3-8-19-16(14)12-23(11-5-10-21-18(24)22-25)13-17-15(2)7-4-9-20-17/h3-4,6-9,25H,5,10-13H2,1-2H3,(H2,21,22,24). The van der Waals surface area contributed by atoms with Crippen LogP contribution < -0.4 is 10.8 Å². The summed E-state index contributed by atoms with van der Waals surface area (Å²) in [4.78, 5) is 22.2. The number of hydrogen-bond acceptors (Lipinski definition) is 5. The number of carbonyl (C=O) groups excluding carboxylic acids is 1. The Bertz CT molecular complexity index is 645. The zero-order chi connectivity index (χ0) is 18.1. The highest BCUT2D eigenvalue weighted by molar-refractivity contribution is 5.72. The Balaban J connectivity index is 2.01. The molecule has 0 bridgehead atoms. The summed E-state index contributed by atoms with van der Waals surface area (Å²) in [5.74, 6) is 0. The number of aromatic nitrogens is 2. The summed E-state index contributed by atoms with van der Waals surface area (Å²) >= 11 is 0. The van der Waals surface area contributed by atoms with E-state index < -0.39 is 6.03 Å². The first kappa shape index (κ1) is 18.8. The second-order valence-electron chi connectivity index (χ2n) is 5.97. The summed E-state index contributed by atoms with van der Waals surface area (Å²) in [6.07, 6.45) is 4.37. The number of amides is 2. The van der Waals surface area contributed by atoms with Crippen molar-refractivity contribution in [3.8, 4) is 0 Å². The first-order valence-electron chi connectivity index (χ1n) is 8.31. The number of carbonyl (C=O) groups is 1. The molecule has 134 valence electrons. The van der Waals surface area contributed by atoms with Crippen LogP contribution in [0.5, 0.6) is 0 Å². The molecule has 0 saturated heterocycles. The molecule has 7 nitrogen and oxygen atoms in total. The fourth-order valence-electron chi connectivity index (χ4n) is 2.55. The molecule has 0 spiro atoms. The van der Waals surface area contributed by atoms with Crippen molar-refractivity contribution < 1.29 is 10.0 Å². The number of nitrogens with one attached hydrogen (secondary N) is 2. The first-order valence-corrected chi connectivity index (χ1v) is 8.31. The van der Waals surface area contributed by atoms with Gasteiger partial charge in [-0.2, -0.15) is 0 Å². The molecule has 0 fully saturated rings. The van der Waals surface area contributed by atoms with Crippen LogP contribution in [-0.4, -0.2) is 39.2 Å². The molecular formula is C18H25N5O2. The maximum Gasteiger partial charge on any atom is 0.338 e. The maximum atomic E-state index is 11.0. The van der Waals surface area contributed by atoms with Crippen molar-refractivity contribution in [2.75, 3.05) is 13.1 Å². The largest absolute Gasteiger partial charge is 0.338 e. The minimum atomic E-state index is -0.590. The van der Waals surface area contributed by atoms with Gasteiger partial charge in [-0.3, -0.25) is 20.1 Å². The molecule has 0 atom stereocenters. The molecule has 7 heteroatoms. The average Bonchev–Trinajstić information content (AvgIpc) is 2.62. The molecule has 0 radical (unpaired) electrons. The van der Waals surface area contributed by atoms with Crippen LogP contribution in [0.4, 0.5) is 4.79 Å². The third-order valence-corrected chi connectivity index (χ3v) is 4.02. The van der Waals surface area contributed by atoms with Crippen LogP contribution in [-0.2, 0) is 13.1 Å². The Morgan fingerprint density at radius 2 is 1.64 bits per heavy atom. The van der Waals surface area contributed by atoms with Crippen LogP contribution in [0, 0.1) is 13.8 Å². The zero-order valence-corrected chi connectivity index (χ0v) is 14.7. The van der Waals surface area contributed by atoms with E-state index in [1.165, 1.54) is 0 Å². The lowest BCUT2D eigenvalue weighted by atomic mass is 10.1. The summed E-state index contributed by atoms with van der Waals surface area (Å²) in [5, 5.41) is 11.1. The lowest BCUT2D eigenvalue weighted by Crippen LogP contribution is -2.35. The van der Waals surface area contributed by atoms with Gasteiger partial charge in [0.15, 0.2) is 0 Å². The van der Waals surface area contributed by atoms with Gasteiger partial charge in [0.25, 0.3) is 0 Å². The number of urea groups is 1. The Hall–Kier alpha value is -2.51. The molecule has 2 rings (SSSR count). The highest BCUT2D eigenvalue weighted by Crippen LogP contribution is 2.13. The number of hydrogen-bond donors (Lipinski definition) is 3. The highest BCUT2D eigenvalue weighted by Gasteiger charge is 2.12. The number of nitrogens with zero attached hydrogens (tertiary/aromatic N) is 3. The van der Waals surface area contributed by atoms with Crippen LogP contribution in [0.3, 0.4) is 0 Å². The van der Waals surface area contributed by atoms with Crippen LogP contribution in [0.15, 0.2) is 36.7 Å². The van der Waals surface area contributed by atoms with Gasteiger partial charge >= 0.3 is 6.03 Å². The van der Waals surface area contributed by atoms with E-state index in [0.717, 1.165) is 48.6 Å². The molecule has 2 aromatic rings. The fourth-order valence-corrected chi connectivity index (χ4v) is 2.55. The van der Waals surface area contributed by atoms with Crippen molar-refractivity contribution in [2.24, 2.45) is 0 Å². The van der Waals surface area contributed by atoms with Crippen molar-refractivity contribution in [2.45, 2.75) is 33.4 Å². The molecule has 0 unspecified atom stereocenters. The molecule has 0 aromatic carbocycles. The van der Waals surface area contributed by atoms with Crippen molar-refractivity contribution in [1.82, 2.24) is 25.7 Å². The number of rotatable bonds is 8. The van der Waals surface area contributed by atoms with E-state index in [9.17, 15) is 4.79 Å². The molecule has 2 aromatic heterocycles. The van der Waals surface area contributed by atoms with E-state index in [1.807, 2.05) is 12.1 Å². The van der Waals surface area contributed by atoms with E-state index in [4.69, 9.17) is 5.21 Å². The predicted molar refractivity (Wildman–Crippen MR) is 95.0 cm³/mol. The molecule has 3 N–H and O–H groups in total. The SMILES string of the molecule is Cc1cccnc1CN(CCCNC(=O)NO)Cc1ncccc1C. The third-order valence-electron chi connectivity index (χ3n) is 4.02. The van der Waals surface area contributed by atoms with E-state index in [1.54, 1.807) is 17.9 Å². The fraction of sp³-hybridized carbons (Fsp3) is 0.389.